The number of amides is 1. The van der Waals surface area contributed by atoms with Gasteiger partial charge in [0.25, 0.3) is 0 Å². The van der Waals surface area contributed by atoms with Crippen LogP contribution in [0.25, 0.3) is 0 Å². The van der Waals surface area contributed by atoms with Crippen LogP contribution >= 0.6 is 0 Å². The molecule has 1 aliphatic rings. The van der Waals surface area contributed by atoms with Crippen molar-refractivity contribution in [3.8, 4) is 5.75 Å². The first-order valence-corrected chi connectivity index (χ1v) is 7.03. The van der Waals surface area contributed by atoms with Gasteiger partial charge in [0.05, 0.1) is 0 Å². The smallest absolute Gasteiger partial charge is 0.341 e. The fourth-order valence-electron chi connectivity index (χ4n) is 2.42. The number of rotatable bonds is 5. The number of benzene rings is 1. The summed E-state index contributed by atoms with van der Waals surface area (Å²) in [7, 11) is 0. The SMILES string of the molecule is CC1CC(C(=O)Nc2cccc(OCC(=O)O)c2)CCN1. The number of carbonyl (C=O) groups excluding carboxylic acids is 1. The average Bonchev–Trinajstić information content (AvgIpc) is 2.45. The number of carboxylic acid groups (broad SMARTS) is 1. The normalized spacial score (nSPS) is 21.6. The van der Waals surface area contributed by atoms with Gasteiger partial charge < -0.3 is 20.5 Å². The Bertz CT molecular complexity index is 518. The van der Waals surface area contributed by atoms with Crippen LogP contribution in [0.4, 0.5) is 5.69 Å². The van der Waals surface area contributed by atoms with Gasteiger partial charge in [0.1, 0.15) is 5.75 Å². The van der Waals surface area contributed by atoms with Gasteiger partial charge in [0.2, 0.25) is 5.91 Å². The van der Waals surface area contributed by atoms with E-state index in [1.807, 2.05) is 0 Å². The van der Waals surface area contributed by atoms with E-state index in [-0.39, 0.29) is 11.8 Å². The van der Waals surface area contributed by atoms with Crippen LogP contribution in [0.2, 0.25) is 0 Å². The molecule has 0 spiro atoms. The van der Waals surface area contributed by atoms with Gasteiger partial charge in [0.15, 0.2) is 6.61 Å². The summed E-state index contributed by atoms with van der Waals surface area (Å²) in [5.74, 6) is -0.606. The lowest BCUT2D eigenvalue weighted by atomic mass is 9.92. The molecule has 0 aromatic heterocycles. The molecule has 0 saturated carbocycles. The van der Waals surface area contributed by atoms with Gasteiger partial charge >= 0.3 is 5.97 Å². The van der Waals surface area contributed by atoms with E-state index >= 15 is 0 Å². The lowest BCUT2D eigenvalue weighted by Gasteiger charge is -2.27. The predicted octanol–water partition coefficient (Wildman–Crippen LogP) is 1.48. The first-order valence-electron chi connectivity index (χ1n) is 7.03. The maximum atomic E-state index is 12.2. The average molecular weight is 292 g/mol. The van der Waals surface area contributed by atoms with Crippen molar-refractivity contribution in [1.29, 1.82) is 0 Å². The van der Waals surface area contributed by atoms with Crippen molar-refractivity contribution in [3.63, 3.8) is 0 Å². The number of hydrogen-bond acceptors (Lipinski definition) is 4. The molecule has 6 heteroatoms. The Morgan fingerprint density at radius 2 is 2.29 bits per heavy atom. The Morgan fingerprint density at radius 3 is 3.00 bits per heavy atom. The van der Waals surface area contributed by atoms with E-state index in [2.05, 4.69) is 17.6 Å². The first kappa shape index (κ1) is 15.3. The fourth-order valence-corrected chi connectivity index (χ4v) is 2.42. The molecule has 6 nitrogen and oxygen atoms in total. The molecule has 1 aromatic carbocycles. The summed E-state index contributed by atoms with van der Waals surface area (Å²) < 4.78 is 5.09. The van der Waals surface area contributed by atoms with Gasteiger partial charge in [0, 0.05) is 23.7 Å². The minimum Gasteiger partial charge on any atom is -0.482 e. The molecule has 3 N–H and O–H groups in total. The van der Waals surface area contributed by atoms with Crippen LogP contribution in [0, 0.1) is 5.92 Å². The van der Waals surface area contributed by atoms with E-state index in [4.69, 9.17) is 9.84 Å². The van der Waals surface area contributed by atoms with E-state index in [9.17, 15) is 9.59 Å². The minimum absolute atomic E-state index is 0.00117. The lowest BCUT2D eigenvalue weighted by Crippen LogP contribution is -2.40. The fraction of sp³-hybridized carbons (Fsp3) is 0.467. The van der Waals surface area contributed by atoms with Crippen molar-refractivity contribution in [2.24, 2.45) is 5.92 Å². The maximum absolute atomic E-state index is 12.2. The highest BCUT2D eigenvalue weighted by Crippen LogP contribution is 2.21. The molecule has 2 atom stereocenters. The second kappa shape index (κ2) is 7.08. The van der Waals surface area contributed by atoms with E-state index < -0.39 is 12.6 Å². The number of ether oxygens (including phenoxy) is 1. The zero-order valence-electron chi connectivity index (χ0n) is 12.0. The molecule has 1 amide bonds. The Hall–Kier alpha value is -2.08. The third-order valence-corrected chi connectivity index (χ3v) is 3.46. The number of aliphatic carboxylic acids is 1. The van der Waals surface area contributed by atoms with E-state index in [0.717, 1.165) is 19.4 Å². The summed E-state index contributed by atoms with van der Waals surface area (Å²) in [5.41, 5.74) is 0.620. The molecule has 1 aliphatic heterocycles. The molecule has 0 bridgehead atoms. The zero-order chi connectivity index (χ0) is 15.2. The van der Waals surface area contributed by atoms with Gasteiger partial charge in [-0.3, -0.25) is 4.79 Å². The number of hydrogen-bond donors (Lipinski definition) is 3. The van der Waals surface area contributed by atoms with Crippen LogP contribution in [-0.2, 0) is 9.59 Å². The highest BCUT2D eigenvalue weighted by molar-refractivity contribution is 5.92. The van der Waals surface area contributed by atoms with Gasteiger partial charge in [-0.15, -0.1) is 0 Å². The third-order valence-electron chi connectivity index (χ3n) is 3.46. The Morgan fingerprint density at radius 1 is 1.48 bits per heavy atom. The highest BCUT2D eigenvalue weighted by atomic mass is 16.5. The summed E-state index contributed by atoms with van der Waals surface area (Å²) in [6, 6.07) is 7.12. The number of carbonyl (C=O) groups is 2. The second-order valence-corrected chi connectivity index (χ2v) is 5.28. The quantitative estimate of drug-likeness (QED) is 0.765. The van der Waals surface area contributed by atoms with Crippen molar-refractivity contribution in [2.45, 2.75) is 25.8 Å². The Kier molecular flexibility index (Phi) is 5.16. The third kappa shape index (κ3) is 4.75. The number of anilines is 1. The Balaban J connectivity index is 1.94. The molecule has 1 aromatic rings. The van der Waals surface area contributed by atoms with Crippen molar-refractivity contribution >= 4 is 17.6 Å². The van der Waals surface area contributed by atoms with Crippen molar-refractivity contribution in [2.75, 3.05) is 18.5 Å². The van der Waals surface area contributed by atoms with Gasteiger partial charge in [-0.1, -0.05) is 6.07 Å². The van der Waals surface area contributed by atoms with E-state index in [0.29, 0.717) is 17.5 Å². The first-order chi connectivity index (χ1) is 10.0. The van der Waals surface area contributed by atoms with Crippen molar-refractivity contribution < 1.29 is 19.4 Å². The zero-order valence-corrected chi connectivity index (χ0v) is 12.0. The van der Waals surface area contributed by atoms with Crippen molar-refractivity contribution in [3.05, 3.63) is 24.3 Å². The van der Waals surface area contributed by atoms with Gasteiger partial charge in [-0.2, -0.15) is 0 Å². The monoisotopic (exact) mass is 292 g/mol. The predicted molar refractivity (Wildman–Crippen MR) is 78.4 cm³/mol. The van der Waals surface area contributed by atoms with Crippen LogP contribution in [0.15, 0.2) is 24.3 Å². The molecule has 2 rings (SSSR count). The standard InChI is InChI=1S/C15H20N2O4/c1-10-7-11(5-6-16-10)15(20)17-12-3-2-4-13(8-12)21-9-14(18)19/h2-4,8,10-11,16H,5-7,9H2,1H3,(H,17,20)(H,18,19). The minimum atomic E-state index is -1.03. The molecule has 0 radical (unpaired) electrons. The molecule has 0 aliphatic carbocycles. The van der Waals surface area contributed by atoms with E-state index in [1.54, 1.807) is 24.3 Å². The maximum Gasteiger partial charge on any atom is 0.341 e. The lowest BCUT2D eigenvalue weighted by molar-refractivity contribution is -0.139. The van der Waals surface area contributed by atoms with Crippen LogP contribution in [0.3, 0.4) is 0 Å². The number of piperidine rings is 1. The summed E-state index contributed by atoms with van der Waals surface area (Å²) in [6.07, 6.45) is 1.65. The molecule has 1 saturated heterocycles. The summed E-state index contributed by atoms with van der Waals surface area (Å²) >= 11 is 0. The van der Waals surface area contributed by atoms with Crippen molar-refractivity contribution in [1.82, 2.24) is 5.32 Å². The van der Waals surface area contributed by atoms with Crippen LogP contribution in [-0.4, -0.2) is 36.2 Å². The highest BCUT2D eigenvalue weighted by Gasteiger charge is 2.24. The molecular weight excluding hydrogens is 272 g/mol. The molecule has 21 heavy (non-hydrogen) atoms. The molecular formula is C15H20N2O4. The summed E-state index contributed by atoms with van der Waals surface area (Å²) in [5, 5.41) is 14.8. The molecule has 114 valence electrons. The number of nitrogens with one attached hydrogen (secondary N) is 2. The molecule has 2 unspecified atom stereocenters. The topological polar surface area (TPSA) is 87.7 Å². The number of carboxylic acids is 1. The summed E-state index contributed by atoms with van der Waals surface area (Å²) in [4.78, 5) is 22.7. The summed E-state index contributed by atoms with van der Waals surface area (Å²) in [6.45, 7) is 2.52. The van der Waals surface area contributed by atoms with Crippen LogP contribution in [0.1, 0.15) is 19.8 Å². The van der Waals surface area contributed by atoms with E-state index in [1.165, 1.54) is 0 Å². The second-order valence-electron chi connectivity index (χ2n) is 5.28. The van der Waals surface area contributed by atoms with Crippen LogP contribution in [0.5, 0.6) is 5.75 Å². The Labute approximate surface area is 123 Å². The largest absolute Gasteiger partial charge is 0.482 e. The molecule has 1 heterocycles. The molecule has 1 fully saturated rings. The van der Waals surface area contributed by atoms with Crippen LogP contribution < -0.4 is 15.4 Å². The van der Waals surface area contributed by atoms with Gasteiger partial charge in [-0.05, 0) is 38.4 Å². The van der Waals surface area contributed by atoms with Gasteiger partial charge in [-0.25, -0.2) is 4.79 Å².